The van der Waals surface area contributed by atoms with Crippen molar-refractivity contribution in [2.75, 3.05) is 6.61 Å². The Morgan fingerprint density at radius 3 is 3.17 bits per heavy atom. The summed E-state index contributed by atoms with van der Waals surface area (Å²) in [7, 11) is 0. The van der Waals surface area contributed by atoms with Crippen LogP contribution in [-0.2, 0) is 11.2 Å². The van der Waals surface area contributed by atoms with Crippen molar-refractivity contribution in [2.45, 2.75) is 38.1 Å². The second kappa shape index (κ2) is 4.88. The Morgan fingerprint density at radius 2 is 2.33 bits per heavy atom. The van der Waals surface area contributed by atoms with Crippen LogP contribution in [0.3, 0.4) is 0 Å². The predicted octanol–water partition coefficient (Wildman–Crippen LogP) is 3.10. The molecular weight excluding hydrogens is 230 g/mol. The van der Waals surface area contributed by atoms with Gasteiger partial charge in [-0.3, -0.25) is 4.90 Å². The molecule has 0 unspecified atom stereocenters. The first kappa shape index (κ1) is 11.4. The first-order chi connectivity index (χ1) is 8.84. The number of furan rings is 1. The van der Waals surface area contributed by atoms with Crippen LogP contribution in [0.5, 0.6) is 0 Å². The number of rotatable bonds is 4. The maximum Gasteiger partial charge on any atom is 0.414 e. The Kier molecular flexibility index (Phi) is 3.09. The highest BCUT2D eigenvalue weighted by molar-refractivity contribution is 5.72. The molecule has 2 aliphatic rings. The van der Waals surface area contributed by atoms with Gasteiger partial charge in [-0.2, -0.15) is 0 Å². The van der Waals surface area contributed by atoms with Gasteiger partial charge in [-0.25, -0.2) is 4.79 Å². The lowest BCUT2D eigenvalue weighted by Crippen LogP contribution is -2.35. The molecule has 0 aromatic carbocycles. The van der Waals surface area contributed by atoms with Gasteiger partial charge in [0, 0.05) is 12.1 Å². The number of carbonyl (C=O) groups is 1. The highest BCUT2D eigenvalue weighted by Gasteiger charge is 2.36. The van der Waals surface area contributed by atoms with Crippen LogP contribution in [0.1, 0.15) is 31.4 Å². The van der Waals surface area contributed by atoms with Crippen LogP contribution in [0.4, 0.5) is 4.79 Å². The molecule has 1 fully saturated rings. The van der Waals surface area contributed by atoms with E-state index < -0.39 is 0 Å². The molecule has 0 bridgehead atoms. The van der Waals surface area contributed by atoms with E-state index in [1.165, 1.54) is 0 Å². The number of ether oxygens (including phenoxy) is 1. The zero-order valence-electron chi connectivity index (χ0n) is 10.3. The maximum absolute atomic E-state index is 11.7. The third kappa shape index (κ3) is 2.15. The fourth-order valence-corrected chi connectivity index (χ4v) is 2.69. The summed E-state index contributed by atoms with van der Waals surface area (Å²) in [6.45, 7) is 0.550. The maximum atomic E-state index is 11.7. The first-order valence-corrected chi connectivity index (χ1v) is 6.52. The van der Waals surface area contributed by atoms with E-state index in [1.54, 1.807) is 6.26 Å². The lowest BCUT2D eigenvalue weighted by molar-refractivity contribution is 0.163. The Bertz CT molecular complexity index is 450. The zero-order valence-corrected chi connectivity index (χ0v) is 10.3. The first-order valence-electron chi connectivity index (χ1n) is 6.52. The normalized spacial score (nSPS) is 22.7. The number of aryl methyl sites for hydroxylation is 1. The molecular formula is C14H17NO3. The summed E-state index contributed by atoms with van der Waals surface area (Å²) in [6, 6.07) is 4.16. The molecule has 1 atom stereocenters. The van der Waals surface area contributed by atoms with Gasteiger partial charge < -0.3 is 9.15 Å². The van der Waals surface area contributed by atoms with Crippen molar-refractivity contribution in [1.29, 1.82) is 0 Å². The van der Waals surface area contributed by atoms with Gasteiger partial charge in [0.1, 0.15) is 12.4 Å². The number of hydrogen-bond donors (Lipinski definition) is 0. The summed E-state index contributed by atoms with van der Waals surface area (Å²) in [4.78, 5) is 13.5. The van der Waals surface area contributed by atoms with Gasteiger partial charge in [-0.05, 0) is 37.8 Å². The lowest BCUT2D eigenvalue weighted by Gasteiger charge is -2.28. The molecule has 0 saturated carbocycles. The fraction of sp³-hybridized carbons (Fsp3) is 0.500. The predicted molar refractivity (Wildman–Crippen MR) is 65.9 cm³/mol. The summed E-state index contributed by atoms with van der Waals surface area (Å²) < 4.78 is 10.4. The number of nitrogens with zero attached hydrogens (tertiary/aromatic N) is 1. The summed E-state index contributed by atoms with van der Waals surface area (Å²) >= 11 is 0. The van der Waals surface area contributed by atoms with Gasteiger partial charge in [-0.1, -0.05) is 6.08 Å². The standard InChI is InChI=1S/C14H17NO3/c16-14-15-11(4-1-6-12(15)10-18-14)5-2-7-13-8-3-9-17-13/h3-4,8-9,12H,1-2,5-7,10H2/t12-/m1/s1. The molecule has 4 heteroatoms. The third-order valence-electron chi connectivity index (χ3n) is 3.59. The molecule has 96 valence electrons. The summed E-state index contributed by atoms with van der Waals surface area (Å²) in [6.07, 6.45) is 8.58. The topological polar surface area (TPSA) is 42.7 Å². The minimum atomic E-state index is -0.177. The Balaban J connectivity index is 1.58. The highest BCUT2D eigenvalue weighted by Crippen LogP contribution is 2.29. The molecule has 0 spiro atoms. The van der Waals surface area contributed by atoms with E-state index in [-0.39, 0.29) is 12.1 Å². The van der Waals surface area contributed by atoms with Crippen molar-refractivity contribution in [3.8, 4) is 0 Å². The number of amides is 1. The van der Waals surface area contributed by atoms with Gasteiger partial charge >= 0.3 is 6.09 Å². The van der Waals surface area contributed by atoms with Crippen molar-refractivity contribution in [3.63, 3.8) is 0 Å². The summed E-state index contributed by atoms with van der Waals surface area (Å²) in [5, 5.41) is 0. The van der Waals surface area contributed by atoms with Crippen molar-refractivity contribution in [3.05, 3.63) is 35.9 Å². The van der Waals surface area contributed by atoms with Crippen LogP contribution in [0.25, 0.3) is 0 Å². The average molecular weight is 247 g/mol. The highest BCUT2D eigenvalue weighted by atomic mass is 16.6. The van der Waals surface area contributed by atoms with E-state index in [9.17, 15) is 4.79 Å². The fourth-order valence-electron chi connectivity index (χ4n) is 2.69. The molecule has 2 aliphatic heterocycles. The van der Waals surface area contributed by atoms with Gasteiger partial charge in [0.15, 0.2) is 0 Å². The van der Waals surface area contributed by atoms with Gasteiger partial charge in [0.05, 0.1) is 12.3 Å². The average Bonchev–Trinajstić information content (AvgIpc) is 3.00. The van der Waals surface area contributed by atoms with E-state index in [2.05, 4.69) is 6.08 Å². The molecule has 4 nitrogen and oxygen atoms in total. The number of cyclic esters (lactones) is 1. The summed E-state index contributed by atoms with van der Waals surface area (Å²) in [5.41, 5.74) is 1.13. The van der Waals surface area contributed by atoms with Crippen LogP contribution in [0.2, 0.25) is 0 Å². The van der Waals surface area contributed by atoms with Gasteiger partial charge in [0.25, 0.3) is 0 Å². The molecule has 0 aliphatic carbocycles. The van der Waals surface area contributed by atoms with Gasteiger partial charge in [0.2, 0.25) is 0 Å². The second-order valence-electron chi connectivity index (χ2n) is 4.81. The minimum Gasteiger partial charge on any atom is -0.469 e. The SMILES string of the molecule is O=C1OC[C@H]2CCC=C(CCCc3ccco3)N12. The van der Waals surface area contributed by atoms with Crippen LogP contribution in [0, 0.1) is 0 Å². The molecule has 0 N–H and O–H groups in total. The number of hydrogen-bond acceptors (Lipinski definition) is 3. The molecule has 18 heavy (non-hydrogen) atoms. The molecule has 0 radical (unpaired) electrons. The molecule has 3 rings (SSSR count). The number of fused-ring (bicyclic) bond motifs is 1. The zero-order chi connectivity index (χ0) is 12.4. The van der Waals surface area contributed by atoms with Crippen molar-refractivity contribution in [1.82, 2.24) is 4.90 Å². The van der Waals surface area contributed by atoms with Crippen LogP contribution >= 0.6 is 0 Å². The molecule has 1 saturated heterocycles. The largest absolute Gasteiger partial charge is 0.469 e. The van der Waals surface area contributed by atoms with Crippen molar-refractivity contribution >= 4 is 6.09 Å². The molecule has 1 aromatic rings. The van der Waals surface area contributed by atoms with E-state index in [4.69, 9.17) is 9.15 Å². The summed E-state index contributed by atoms with van der Waals surface area (Å²) in [5.74, 6) is 1.01. The number of carbonyl (C=O) groups excluding carboxylic acids is 1. The smallest absolute Gasteiger partial charge is 0.414 e. The van der Waals surface area contributed by atoms with E-state index >= 15 is 0 Å². The molecule has 1 aromatic heterocycles. The minimum absolute atomic E-state index is 0.177. The van der Waals surface area contributed by atoms with E-state index in [0.29, 0.717) is 6.61 Å². The third-order valence-corrected chi connectivity index (χ3v) is 3.59. The molecule has 1 amide bonds. The Morgan fingerprint density at radius 1 is 1.39 bits per heavy atom. The van der Waals surface area contributed by atoms with E-state index in [0.717, 1.165) is 43.6 Å². The van der Waals surface area contributed by atoms with Crippen molar-refractivity contribution in [2.24, 2.45) is 0 Å². The van der Waals surface area contributed by atoms with Crippen molar-refractivity contribution < 1.29 is 13.9 Å². The van der Waals surface area contributed by atoms with Gasteiger partial charge in [-0.15, -0.1) is 0 Å². The lowest BCUT2D eigenvalue weighted by atomic mass is 10.0. The second-order valence-corrected chi connectivity index (χ2v) is 4.81. The van der Waals surface area contributed by atoms with Crippen LogP contribution < -0.4 is 0 Å². The number of allylic oxidation sites excluding steroid dienone is 2. The van der Waals surface area contributed by atoms with Crippen LogP contribution in [-0.4, -0.2) is 23.6 Å². The Hall–Kier alpha value is -1.71. The van der Waals surface area contributed by atoms with E-state index in [1.807, 2.05) is 17.0 Å². The van der Waals surface area contributed by atoms with Crippen LogP contribution in [0.15, 0.2) is 34.6 Å². The quantitative estimate of drug-likeness (QED) is 0.821. The monoisotopic (exact) mass is 247 g/mol. The Labute approximate surface area is 106 Å². The molecule has 3 heterocycles.